The third-order valence-electron chi connectivity index (χ3n) is 3.26. The first-order valence-electron chi connectivity index (χ1n) is 8.66. The molecule has 2 aromatic rings. The van der Waals surface area contributed by atoms with Crippen molar-refractivity contribution >= 4 is 40.8 Å². The molecule has 1 heterocycles. The Morgan fingerprint density at radius 2 is 1.64 bits per heavy atom. The lowest BCUT2D eigenvalue weighted by molar-refractivity contribution is -0.134. The van der Waals surface area contributed by atoms with E-state index in [0.29, 0.717) is 12.1 Å². The normalized spacial score (nSPS) is 10.5. The van der Waals surface area contributed by atoms with Crippen molar-refractivity contribution in [2.24, 2.45) is 10.2 Å². The zero-order valence-electron chi connectivity index (χ0n) is 15.9. The minimum Gasteiger partial charge on any atom is -0.422 e. The van der Waals surface area contributed by atoms with Crippen molar-refractivity contribution < 1.29 is 19.1 Å². The molecule has 1 aromatic carbocycles. The number of carbonyl (C=O) groups excluding carboxylic acids is 3. The highest BCUT2D eigenvalue weighted by Crippen LogP contribution is 2.35. The van der Waals surface area contributed by atoms with Crippen molar-refractivity contribution in [3.05, 3.63) is 36.4 Å². The monoisotopic (exact) mass is 383 g/mol. The molecular formula is C19H21N5O4. The smallest absolute Gasteiger partial charge is 0.311 e. The fourth-order valence-corrected chi connectivity index (χ4v) is 2.14. The first-order chi connectivity index (χ1) is 13.4. The molecule has 9 nitrogen and oxygen atoms in total. The maximum atomic E-state index is 11.9. The SMILES string of the molecule is CCCC(=O)Oc1cc(/N=N/c2ccccc2)c(NC(C)=O)nc1NC(C)=O. The predicted molar refractivity (Wildman–Crippen MR) is 104 cm³/mol. The van der Waals surface area contributed by atoms with E-state index in [1.54, 1.807) is 24.3 Å². The van der Waals surface area contributed by atoms with Crippen LogP contribution < -0.4 is 15.4 Å². The Morgan fingerprint density at radius 3 is 2.25 bits per heavy atom. The lowest BCUT2D eigenvalue weighted by atomic mass is 10.3. The van der Waals surface area contributed by atoms with Crippen LogP contribution in [0.1, 0.15) is 33.6 Å². The molecule has 0 bridgehead atoms. The lowest BCUT2D eigenvalue weighted by Crippen LogP contribution is -2.15. The predicted octanol–water partition coefficient (Wildman–Crippen LogP) is 4.12. The van der Waals surface area contributed by atoms with Crippen LogP contribution in [0.4, 0.5) is 23.0 Å². The van der Waals surface area contributed by atoms with Crippen molar-refractivity contribution in [3.63, 3.8) is 0 Å². The minimum absolute atomic E-state index is 0.000589. The van der Waals surface area contributed by atoms with Gasteiger partial charge in [-0.2, -0.15) is 5.11 Å². The van der Waals surface area contributed by atoms with Crippen LogP contribution in [0, 0.1) is 0 Å². The summed E-state index contributed by atoms with van der Waals surface area (Å²) < 4.78 is 5.31. The molecule has 0 atom stereocenters. The van der Waals surface area contributed by atoms with Gasteiger partial charge < -0.3 is 15.4 Å². The molecule has 0 spiro atoms. The molecule has 0 aliphatic rings. The maximum Gasteiger partial charge on any atom is 0.311 e. The second-order valence-electron chi connectivity index (χ2n) is 5.82. The molecule has 0 saturated carbocycles. The van der Waals surface area contributed by atoms with Gasteiger partial charge in [0.05, 0.1) is 5.69 Å². The summed E-state index contributed by atoms with van der Waals surface area (Å²) in [6, 6.07) is 10.4. The van der Waals surface area contributed by atoms with Crippen LogP contribution in [0.2, 0.25) is 0 Å². The van der Waals surface area contributed by atoms with Crippen LogP contribution in [0.5, 0.6) is 5.75 Å². The first-order valence-corrected chi connectivity index (χ1v) is 8.66. The summed E-state index contributed by atoms with van der Waals surface area (Å²) in [5.41, 5.74) is 0.763. The maximum absolute atomic E-state index is 11.9. The number of ether oxygens (including phenoxy) is 1. The van der Waals surface area contributed by atoms with Crippen LogP contribution in [0.15, 0.2) is 46.6 Å². The molecule has 0 saturated heterocycles. The van der Waals surface area contributed by atoms with Crippen molar-refractivity contribution in [1.29, 1.82) is 0 Å². The molecule has 0 unspecified atom stereocenters. The topological polar surface area (TPSA) is 122 Å². The van der Waals surface area contributed by atoms with E-state index in [2.05, 4.69) is 25.8 Å². The van der Waals surface area contributed by atoms with Crippen LogP contribution in [0.25, 0.3) is 0 Å². The standard InChI is InChI=1S/C19H21N5O4/c1-4-8-17(27)28-16-11-15(24-23-14-9-6-5-7-10-14)18(20-12(2)25)22-19(16)21-13(3)26/h5-7,9-11H,4,8H2,1-3H3,(H2,20,21,22,25,26)/b24-23+. The first kappa shape index (κ1) is 20.7. The van der Waals surface area contributed by atoms with Gasteiger partial charge in [-0.15, -0.1) is 5.11 Å². The average Bonchev–Trinajstić information content (AvgIpc) is 2.62. The molecular weight excluding hydrogens is 362 g/mol. The quantitative estimate of drug-likeness (QED) is 0.550. The second-order valence-corrected chi connectivity index (χ2v) is 5.82. The zero-order valence-corrected chi connectivity index (χ0v) is 15.9. The largest absolute Gasteiger partial charge is 0.422 e. The molecule has 2 N–H and O–H groups in total. The van der Waals surface area contributed by atoms with Gasteiger partial charge >= 0.3 is 5.97 Å². The highest BCUT2D eigenvalue weighted by Gasteiger charge is 2.17. The molecule has 2 amide bonds. The van der Waals surface area contributed by atoms with Gasteiger partial charge in [0.1, 0.15) is 5.69 Å². The third kappa shape index (κ3) is 6.27. The van der Waals surface area contributed by atoms with Gasteiger partial charge in [0.25, 0.3) is 0 Å². The number of pyridine rings is 1. The third-order valence-corrected chi connectivity index (χ3v) is 3.26. The van der Waals surface area contributed by atoms with E-state index in [1.807, 2.05) is 13.0 Å². The fraction of sp³-hybridized carbons (Fsp3) is 0.263. The van der Waals surface area contributed by atoms with Gasteiger partial charge in [-0.25, -0.2) is 4.98 Å². The number of esters is 1. The zero-order chi connectivity index (χ0) is 20.5. The number of hydrogen-bond acceptors (Lipinski definition) is 7. The van der Waals surface area contributed by atoms with E-state index in [1.165, 1.54) is 19.9 Å². The highest BCUT2D eigenvalue weighted by molar-refractivity contribution is 5.94. The second kappa shape index (κ2) is 9.91. The molecule has 0 aliphatic carbocycles. The summed E-state index contributed by atoms with van der Waals surface area (Å²) in [6.45, 7) is 4.45. The summed E-state index contributed by atoms with van der Waals surface area (Å²) in [6.07, 6.45) is 0.806. The van der Waals surface area contributed by atoms with Crippen molar-refractivity contribution in [2.75, 3.05) is 10.6 Å². The van der Waals surface area contributed by atoms with Crippen molar-refractivity contribution in [3.8, 4) is 5.75 Å². The van der Waals surface area contributed by atoms with Crippen LogP contribution in [0.3, 0.4) is 0 Å². The molecule has 0 fully saturated rings. The molecule has 0 aliphatic heterocycles. The van der Waals surface area contributed by atoms with E-state index >= 15 is 0 Å². The van der Waals surface area contributed by atoms with E-state index in [-0.39, 0.29) is 35.4 Å². The average molecular weight is 383 g/mol. The molecule has 9 heteroatoms. The number of amides is 2. The summed E-state index contributed by atoms with van der Waals surface area (Å²) >= 11 is 0. The number of hydrogen-bond donors (Lipinski definition) is 2. The number of azo groups is 1. The number of nitrogens with zero attached hydrogens (tertiary/aromatic N) is 3. The van der Waals surface area contributed by atoms with Gasteiger partial charge in [-0.1, -0.05) is 25.1 Å². The van der Waals surface area contributed by atoms with Crippen LogP contribution in [-0.2, 0) is 14.4 Å². The Hall–Kier alpha value is -3.62. The van der Waals surface area contributed by atoms with Gasteiger partial charge in [-0.3, -0.25) is 14.4 Å². The number of rotatable bonds is 7. The molecule has 146 valence electrons. The van der Waals surface area contributed by atoms with Crippen LogP contribution in [-0.4, -0.2) is 22.8 Å². The Morgan fingerprint density at radius 1 is 1.00 bits per heavy atom. The highest BCUT2D eigenvalue weighted by atomic mass is 16.5. The van der Waals surface area contributed by atoms with E-state index in [0.717, 1.165) is 0 Å². The number of carbonyl (C=O) groups is 3. The summed E-state index contributed by atoms with van der Waals surface area (Å²) in [5, 5.41) is 13.2. The Kier molecular flexibility index (Phi) is 7.32. The number of anilines is 2. The Bertz CT molecular complexity index is 897. The molecule has 28 heavy (non-hydrogen) atoms. The lowest BCUT2D eigenvalue weighted by Gasteiger charge is -2.13. The van der Waals surface area contributed by atoms with E-state index in [4.69, 9.17) is 4.74 Å². The molecule has 0 radical (unpaired) electrons. The summed E-state index contributed by atoms with van der Waals surface area (Å²) in [7, 11) is 0. The van der Waals surface area contributed by atoms with Gasteiger partial charge in [0.2, 0.25) is 11.8 Å². The molecule has 1 aromatic heterocycles. The Balaban J connectivity index is 2.49. The van der Waals surface area contributed by atoms with Crippen molar-refractivity contribution in [2.45, 2.75) is 33.6 Å². The van der Waals surface area contributed by atoms with Gasteiger partial charge in [0.15, 0.2) is 17.4 Å². The Labute approximate surface area is 162 Å². The fourth-order valence-electron chi connectivity index (χ4n) is 2.14. The van der Waals surface area contributed by atoms with E-state index < -0.39 is 11.9 Å². The summed E-state index contributed by atoms with van der Waals surface area (Å²) in [5.74, 6) is -1.18. The van der Waals surface area contributed by atoms with Gasteiger partial charge in [0, 0.05) is 26.3 Å². The van der Waals surface area contributed by atoms with E-state index in [9.17, 15) is 14.4 Å². The minimum atomic E-state index is -0.478. The number of nitrogens with one attached hydrogen (secondary N) is 2. The van der Waals surface area contributed by atoms with Gasteiger partial charge in [-0.05, 0) is 18.6 Å². The number of benzene rings is 1. The molecule has 2 rings (SSSR count). The number of aromatic nitrogens is 1. The summed E-state index contributed by atoms with van der Waals surface area (Å²) in [4.78, 5) is 39.1. The van der Waals surface area contributed by atoms with Crippen LogP contribution >= 0.6 is 0 Å². The van der Waals surface area contributed by atoms with Crippen molar-refractivity contribution in [1.82, 2.24) is 4.98 Å².